The molecule has 0 saturated heterocycles. The van der Waals surface area contributed by atoms with E-state index in [9.17, 15) is 9.59 Å². The fourth-order valence-corrected chi connectivity index (χ4v) is 3.16. The van der Waals surface area contributed by atoms with Crippen LogP contribution in [0.25, 0.3) is 0 Å². The Morgan fingerprint density at radius 3 is 2.82 bits per heavy atom. The van der Waals surface area contributed by atoms with Crippen molar-refractivity contribution in [2.24, 2.45) is 0 Å². The van der Waals surface area contributed by atoms with Gasteiger partial charge in [-0.3, -0.25) is 19.3 Å². The van der Waals surface area contributed by atoms with Gasteiger partial charge in [0.25, 0.3) is 0 Å². The topological polar surface area (TPSA) is 98.2 Å². The Morgan fingerprint density at radius 2 is 2.14 bits per heavy atom. The van der Waals surface area contributed by atoms with Gasteiger partial charge < -0.3 is 14.8 Å². The van der Waals surface area contributed by atoms with E-state index in [1.807, 2.05) is 4.57 Å². The number of carbonyl (C=O) groups excluding carboxylic acids is 2. The van der Waals surface area contributed by atoms with Crippen LogP contribution in [0.5, 0.6) is 11.5 Å². The fraction of sp³-hybridized carbons (Fsp3) is 0.474. The van der Waals surface area contributed by atoms with Gasteiger partial charge in [0.2, 0.25) is 5.91 Å². The average molecular weight is 404 g/mol. The minimum atomic E-state index is -0.0706. The first-order valence-electron chi connectivity index (χ1n) is 9.24. The summed E-state index contributed by atoms with van der Waals surface area (Å²) in [7, 11) is 1.52. The zero-order valence-electron chi connectivity index (χ0n) is 16.0. The monoisotopic (exact) mass is 404 g/mol. The van der Waals surface area contributed by atoms with Crippen molar-refractivity contribution in [2.75, 3.05) is 13.7 Å². The van der Waals surface area contributed by atoms with Gasteiger partial charge >= 0.3 is 0 Å². The highest BCUT2D eigenvalue weighted by atomic mass is 32.1. The second kappa shape index (κ2) is 9.01. The number of nitrogens with zero attached hydrogens (tertiary/aromatic N) is 2. The third-order valence-electron chi connectivity index (χ3n) is 4.51. The normalized spacial score (nSPS) is 13.2. The molecule has 0 unspecified atom stereocenters. The van der Waals surface area contributed by atoms with Gasteiger partial charge in [-0.05, 0) is 56.6 Å². The van der Waals surface area contributed by atoms with Crippen LogP contribution < -0.4 is 14.8 Å². The number of hydrogen-bond acceptors (Lipinski definition) is 6. The summed E-state index contributed by atoms with van der Waals surface area (Å²) in [6, 6.07) is 5.46. The third-order valence-corrected chi connectivity index (χ3v) is 4.80. The molecule has 28 heavy (non-hydrogen) atoms. The molecule has 1 aromatic carbocycles. The molecule has 1 fully saturated rings. The van der Waals surface area contributed by atoms with Crippen LogP contribution >= 0.6 is 12.2 Å². The second-order valence-corrected chi connectivity index (χ2v) is 7.08. The van der Waals surface area contributed by atoms with E-state index >= 15 is 0 Å². The number of rotatable bonds is 10. The smallest absolute Gasteiger partial charge is 0.220 e. The lowest BCUT2D eigenvalue weighted by Gasteiger charge is -2.11. The molecule has 8 nitrogen and oxygen atoms in total. The van der Waals surface area contributed by atoms with Crippen molar-refractivity contribution in [1.82, 2.24) is 20.1 Å². The van der Waals surface area contributed by atoms with E-state index in [-0.39, 0.29) is 11.7 Å². The van der Waals surface area contributed by atoms with Crippen LogP contribution in [-0.2, 0) is 11.3 Å². The van der Waals surface area contributed by atoms with Crippen LogP contribution in [-0.4, -0.2) is 40.2 Å². The van der Waals surface area contributed by atoms with Crippen molar-refractivity contribution >= 4 is 23.9 Å². The Morgan fingerprint density at radius 1 is 1.36 bits per heavy atom. The number of carbonyl (C=O) groups is 2. The van der Waals surface area contributed by atoms with Gasteiger partial charge in [0.1, 0.15) is 0 Å². The van der Waals surface area contributed by atoms with E-state index in [4.69, 9.17) is 21.7 Å². The molecule has 1 amide bonds. The van der Waals surface area contributed by atoms with Gasteiger partial charge in [-0.1, -0.05) is 0 Å². The highest BCUT2D eigenvalue weighted by molar-refractivity contribution is 7.71. The van der Waals surface area contributed by atoms with Crippen LogP contribution in [0.1, 0.15) is 54.8 Å². The quantitative estimate of drug-likeness (QED) is 0.359. The zero-order chi connectivity index (χ0) is 20.1. The summed E-state index contributed by atoms with van der Waals surface area (Å²) in [4.78, 5) is 23.5. The maximum Gasteiger partial charge on any atom is 0.220 e. The summed E-state index contributed by atoms with van der Waals surface area (Å²) in [5.74, 6) is 1.70. The van der Waals surface area contributed by atoms with Crippen LogP contribution in [0.3, 0.4) is 0 Å². The predicted octanol–water partition coefficient (Wildman–Crippen LogP) is 2.96. The van der Waals surface area contributed by atoms with Crippen molar-refractivity contribution in [3.8, 4) is 11.5 Å². The molecule has 2 aromatic rings. The molecule has 1 aliphatic rings. The van der Waals surface area contributed by atoms with Crippen LogP contribution in [0, 0.1) is 4.77 Å². The Labute approximate surface area is 168 Å². The number of aromatic nitrogens is 3. The SMILES string of the molecule is COc1cc(C(C)=O)ccc1OCCCC(=O)NCc1n[nH]c(=S)n1C1CC1. The number of amides is 1. The molecule has 0 spiro atoms. The van der Waals surface area contributed by atoms with Crippen LogP contribution in [0.15, 0.2) is 18.2 Å². The van der Waals surface area contributed by atoms with Crippen molar-refractivity contribution in [3.05, 3.63) is 34.4 Å². The third kappa shape index (κ3) is 4.98. The molecule has 0 aliphatic heterocycles. The highest BCUT2D eigenvalue weighted by Crippen LogP contribution is 2.35. The number of Topliss-reactive ketones (excluding diaryl/α,β-unsaturated/α-hetero) is 1. The van der Waals surface area contributed by atoms with E-state index in [0.717, 1.165) is 18.7 Å². The number of methoxy groups -OCH3 is 1. The molecule has 0 bridgehead atoms. The van der Waals surface area contributed by atoms with Crippen LogP contribution in [0.4, 0.5) is 0 Å². The van der Waals surface area contributed by atoms with Crippen molar-refractivity contribution in [2.45, 2.75) is 45.2 Å². The molecule has 9 heteroatoms. The summed E-state index contributed by atoms with van der Waals surface area (Å²) in [6.45, 7) is 2.21. The van der Waals surface area contributed by atoms with E-state index in [0.29, 0.717) is 53.9 Å². The standard InChI is InChI=1S/C19H24N4O4S/c1-12(24)13-5-8-15(16(10-13)26-2)27-9-3-4-18(25)20-11-17-21-22-19(28)23(17)14-6-7-14/h5,8,10,14H,3-4,6-7,9,11H2,1-2H3,(H,20,25)(H,22,28). The summed E-state index contributed by atoms with van der Waals surface area (Å²) in [5.41, 5.74) is 0.563. The minimum Gasteiger partial charge on any atom is -0.493 e. The number of aromatic amines is 1. The molecule has 150 valence electrons. The van der Waals surface area contributed by atoms with Crippen molar-refractivity contribution in [3.63, 3.8) is 0 Å². The average Bonchev–Trinajstić information content (AvgIpc) is 3.45. The van der Waals surface area contributed by atoms with Crippen molar-refractivity contribution in [1.29, 1.82) is 0 Å². The molecular formula is C19H24N4O4S. The predicted molar refractivity (Wildman–Crippen MR) is 105 cm³/mol. The lowest BCUT2D eigenvalue weighted by Crippen LogP contribution is -2.25. The number of ether oxygens (including phenoxy) is 2. The molecule has 0 radical (unpaired) electrons. The van der Waals surface area contributed by atoms with Crippen LogP contribution in [0.2, 0.25) is 0 Å². The van der Waals surface area contributed by atoms with Gasteiger partial charge in [0.15, 0.2) is 27.9 Å². The lowest BCUT2D eigenvalue weighted by atomic mass is 10.1. The summed E-state index contributed by atoms with van der Waals surface area (Å²) in [5, 5.41) is 9.85. The summed E-state index contributed by atoms with van der Waals surface area (Å²) < 4.78 is 13.5. The maximum absolute atomic E-state index is 12.1. The largest absolute Gasteiger partial charge is 0.493 e. The minimum absolute atomic E-state index is 0.0374. The highest BCUT2D eigenvalue weighted by Gasteiger charge is 2.27. The lowest BCUT2D eigenvalue weighted by molar-refractivity contribution is -0.121. The number of ketones is 1. The number of benzene rings is 1. The summed E-state index contributed by atoms with van der Waals surface area (Å²) in [6.07, 6.45) is 3.09. The maximum atomic E-state index is 12.1. The van der Waals surface area contributed by atoms with E-state index in [1.165, 1.54) is 14.0 Å². The van der Waals surface area contributed by atoms with Gasteiger partial charge in [-0.25, -0.2) is 0 Å². The number of hydrogen-bond donors (Lipinski definition) is 2. The van der Waals surface area contributed by atoms with Gasteiger partial charge in [-0.15, -0.1) is 0 Å². The first-order chi connectivity index (χ1) is 13.5. The molecule has 1 heterocycles. The van der Waals surface area contributed by atoms with E-state index < -0.39 is 0 Å². The Kier molecular flexibility index (Phi) is 6.45. The molecule has 1 aliphatic carbocycles. The zero-order valence-corrected chi connectivity index (χ0v) is 16.8. The number of H-pyrrole nitrogens is 1. The molecule has 2 N–H and O–H groups in total. The fourth-order valence-electron chi connectivity index (χ4n) is 2.86. The molecule has 1 saturated carbocycles. The molecule has 1 aromatic heterocycles. The first-order valence-corrected chi connectivity index (χ1v) is 9.64. The van der Waals surface area contributed by atoms with Gasteiger partial charge in [0.05, 0.1) is 20.3 Å². The molecule has 0 atom stereocenters. The number of nitrogens with one attached hydrogen (secondary N) is 2. The Hall–Kier alpha value is -2.68. The van der Waals surface area contributed by atoms with E-state index in [1.54, 1.807) is 18.2 Å². The molecule has 3 rings (SSSR count). The first kappa shape index (κ1) is 20.1. The second-order valence-electron chi connectivity index (χ2n) is 6.70. The summed E-state index contributed by atoms with van der Waals surface area (Å²) >= 11 is 5.23. The Bertz CT molecular complexity index is 917. The van der Waals surface area contributed by atoms with Gasteiger partial charge in [-0.2, -0.15) is 5.10 Å². The van der Waals surface area contributed by atoms with Crippen molar-refractivity contribution < 1.29 is 19.1 Å². The van der Waals surface area contributed by atoms with E-state index in [2.05, 4.69) is 15.5 Å². The Balaban J connectivity index is 1.42. The molecular weight excluding hydrogens is 380 g/mol. The van der Waals surface area contributed by atoms with Gasteiger partial charge in [0, 0.05) is 18.0 Å².